The number of allylic oxidation sites excluding steroid dienone is 2. The minimum atomic E-state index is -0.455. The summed E-state index contributed by atoms with van der Waals surface area (Å²) in [4.78, 5) is 0. The first-order chi connectivity index (χ1) is 10.1. The van der Waals surface area contributed by atoms with Crippen LogP contribution in [0.4, 0.5) is 0 Å². The highest BCUT2D eigenvalue weighted by Gasteiger charge is 2.63. The van der Waals surface area contributed by atoms with Crippen LogP contribution in [0.3, 0.4) is 0 Å². The van der Waals surface area contributed by atoms with Crippen LogP contribution in [0.25, 0.3) is 0 Å². The zero-order valence-corrected chi connectivity index (χ0v) is 13.5. The van der Waals surface area contributed by atoms with E-state index >= 15 is 0 Å². The van der Waals surface area contributed by atoms with E-state index < -0.39 is 5.60 Å². The summed E-state index contributed by atoms with van der Waals surface area (Å²) in [5.41, 5.74) is -0.455. The lowest BCUT2D eigenvalue weighted by atomic mass is 9.64. The minimum absolute atomic E-state index is 0.455. The van der Waals surface area contributed by atoms with E-state index in [1.165, 1.54) is 19.3 Å². The molecule has 2 heteroatoms. The van der Waals surface area contributed by atoms with Crippen LogP contribution >= 0.6 is 0 Å². The largest absolute Gasteiger partial charge is 0.390 e. The van der Waals surface area contributed by atoms with Crippen molar-refractivity contribution in [1.29, 1.82) is 0 Å². The minimum Gasteiger partial charge on any atom is -0.390 e. The van der Waals surface area contributed by atoms with Gasteiger partial charge < -0.3 is 9.84 Å². The summed E-state index contributed by atoms with van der Waals surface area (Å²) in [6.07, 6.45) is 12.2. The van der Waals surface area contributed by atoms with E-state index in [9.17, 15) is 5.11 Å². The molecule has 1 N–H and O–H groups in total. The van der Waals surface area contributed by atoms with Crippen molar-refractivity contribution < 1.29 is 9.84 Å². The predicted molar refractivity (Wildman–Crippen MR) is 83.8 cm³/mol. The highest BCUT2D eigenvalue weighted by Crippen LogP contribution is 2.68. The Morgan fingerprint density at radius 1 is 1.10 bits per heavy atom. The van der Waals surface area contributed by atoms with Gasteiger partial charge in [-0.2, -0.15) is 0 Å². The third-order valence-corrected chi connectivity index (χ3v) is 7.35. The second-order valence-corrected chi connectivity index (χ2v) is 8.41. The van der Waals surface area contributed by atoms with Crippen molar-refractivity contribution in [1.82, 2.24) is 0 Å². The molecule has 3 fully saturated rings. The Morgan fingerprint density at radius 3 is 2.62 bits per heavy atom. The molecule has 8 atom stereocenters. The fourth-order valence-electron chi connectivity index (χ4n) is 6.65. The summed E-state index contributed by atoms with van der Waals surface area (Å²) < 4.78 is 5.13. The topological polar surface area (TPSA) is 29.5 Å². The number of aliphatic hydroxyl groups is 1. The molecule has 0 aliphatic heterocycles. The molecule has 0 spiro atoms. The van der Waals surface area contributed by atoms with Gasteiger partial charge in [0.15, 0.2) is 0 Å². The van der Waals surface area contributed by atoms with Crippen molar-refractivity contribution >= 4 is 0 Å². The molecule has 0 amide bonds. The Bertz CT molecular complexity index is 427. The van der Waals surface area contributed by atoms with Gasteiger partial charge in [0.1, 0.15) is 0 Å². The first kappa shape index (κ1) is 14.3. The highest BCUT2D eigenvalue weighted by molar-refractivity contribution is 5.21. The second kappa shape index (κ2) is 5.09. The molecule has 0 heterocycles. The Kier molecular flexibility index (Phi) is 3.46. The number of hydrogen-bond donors (Lipinski definition) is 1. The molecule has 3 saturated carbocycles. The maximum absolute atomic E-state index is 11.1. The lowest BCUT2D eigenvalue weighted by Gasteiger charge is -2.43. The smallest absolute Gasteiger partial charge is 0.0650 e. The van der Waals surface area contributed by atoms with E-state index in [-0.39, 0.29) is 0 Å². The average molecular weight is 290 g/mol. The highest BCUT2D eigenvalue weighted by atomic mass is 16.5. The van der Waals surface area contributed by atoms with Crippen LogP contribution in [0.2, 0.25) is 0 Å². The summed E-state index contributed by atoms with van der Waals surface area (Å²) in [6.45, 7) is 2.94. The summed E-state index contributed by atoms with van der Waals surface area (Å²) in [7, 11) is 1.76. The van der Waals surface area contributed by atoms with Crippen LogP contribution in [-0.2, 0) is 4.74 Å². The van der Waals surface area contributed by atoms with E-state index in [0.717, 1.165) is 61.4 Å². The first-order valence-corrected chi connectivity index (χ1v) is 9.01. The Labute approximate surface area is 129 Å². The van der Waals surface area contributed by atoms with Gasteiger partial charge in [-0.15, -0.1) is 0 Å². The van der Waals surface area contributed by atoms with Crippen LogP contribution < -0.4 is 0 Å². The molecular formula is C19H30O2. The third kappa shape index (κ3) is 2.13. The van der Waals surface area contributed by atoms with Gasteiger partial charge in [0.25, 0.3) is 0 Å². The van der Waals surface area contributed by atoms with Gasteiger partial charge in [-0.1, -0.05) is 12.2 Å². The zero-order valence-electron chi connectivity index (χ0n) is 13.5. The summed E-state index contributed by atoms with van der Waals surface area (Å²) in [6, 6.07) is 0. The number of rotatable bonds is 6. The van der Waals surface area contributed by atoms with Gasteiger partial charge in [-0.25, -0.2) is 0 Å². The molecule has 0 aromatic rings. The number of methoxy groups -OCH3 is 1. The standard InChI is InChI=1S/C19H30O2/c1-19(20,7-3-4-8-21-2)16-11-14-10-15(16)18-13-6-5-12(9-13)17(14)18/h5-6,12-18,20H,3-4,7-11H2,1-2H3. The number of fused-ring (bicyclic) bond motifs is 9. The van der Waals surface area contributed by atoms with Crippen molar-refractivity contribution in [2.45, 2.75) is 51.0 Å². The van der Waals surface area contributed by atoms with Crippen molar-refractivity contribution in [2.75, 3.05) is 13.7 Å². The van der Waals surface area contributed by atoms with Gasteiger partial charge in [-0.3, -0.25) is 0 Å². The Morgan fingerprint density at radius 2 is 1.86 bits per heavy atom. The maximum Gasteiger partial charge on any atom is 0.0650 e. The molecule has 8 unspecified atom stereocenters. The van der Waals surface area contributed by atoms with E-state index in [1.54, 1.807) is 7.11 Å². The van der Waals surface area contributed by atoms with Gasteiger partial charge in [0.2, 0.25) is 0 Å². The number of unbranched alkanes of at least 4 members (excludes halogenated alkanes) is 1. The number of ether oxygens (including phenoxy) is 1. The molecule has 4 bridgehead atoms. The molecule has 0 aromatic heterocycles. The summed E-state index contributed by atoms with van der Waals surface area (Å²) in [5.74, 6) is 5.90. The van der Waals surface area contributed by atoms with Crippen LogP contribution in [0.1, 0.15) is 45.4 Å². The van der Waals surface area contributed by atoms with Crippen molar-refractivity contribution in [3.8, 4) is 0 Å². The molecular weight excluding hydrogens is 260 g/mol. The van der Waals surface area contributed by atoms with Crippen LogP contribution in [0.15, 0.2) is 12.2 Å². The quantitative estimate of drug-likeness (QED) is 0.460. The van der Waals surface area contributed by atoms with Crippen molar-refractivity contribution in [2.24, 2.45) is 41.4 Å². The van der Waals surface area contributed by atoms with Gasteiger partial charge in [0.05, 0.1) is 5.60 Å². The van der Waals surface area contributed by atoms with Gasteiger partial charge in [0, 0.05) is 13.7 Å². The molecule has 21 heavy (non-hydrogen) atoms. The zero-order chi connectivity index (χ0) is 14.6. The summed E-state index contributed by atoms with van der Waals surface area (Å²) >= 11 is 0. The van der Waals surface area contributed by atoms with E-state index in [0.29, 0.717) is 5.92 Å². The average Bonchev–Trinajstić information content (AvgIpc) is 3.20. The van der Waals surface area contributed by atoms with Crippen molar-refractivity contribution in [3.05, 3.63) is 12.2 Å². The molecule has 118 valence electrons. The first-order valence-electron chi connectivity index (χ1n) is 9.01. The van der Waals surface area contributed by atoms with E-state index in [1.807, 2.05) is 0 Å². The maximum atomic E-state index is 11.1. The fourth-order valence-corrected chi connectivity index (χ4v) is 6.65. The van der Waals surface area contributed by atoms with E-state index in [2.05, 4.69) is 19.1 Å². The monoisotopic (exact) mass is 290 g/mol. The normalized spacial score (nSPS) is 48.8. The SMILES string of the molecule is COCCCCC(C)(O)C1CC2CC1C1C3C=CC(C3)C21. The molecule has 2 nitrogen and oxygen atoms in total. The lowest BCUT2D eigenvalue weighted by molar-refractivity contribution is -0.0543. The molecule has 0 radical (unpaired) electrons. The predicted octanol–water partition coefficient (Wildman–Crippen LogP) is 3.65. The Hall–Kier alpha value is -0.340. The summed E-state index contributed by atoms with van der Waals surface area (Å²) in [5, 5.41) is 11.1. The molecule has 0 saturated heterocycles. The molecule has 0 aromatic carbocycles. The fraction of sp³-hybridized carbons (Fsp3) is 0.895. The second-order valence-electron chi connectivity index (χ2n) is 8.41. The van der Waals surface area contributed by atoms with Crippen LogP contribution in [-0.4, -0.2) is 24.4 Å². The number of hydrogen-bond acceptors (Lipinski definition) is 2. The third-order valence-electron chi connectivity index (χ3n) is 7.35. The van der Waals surface area contributed by atoms with Gasteiger partial charge in [-0.05, 0) is 86.9 Å². The van der Waals surface area contributed by atoms with Crippen LogP contribution in [0, 0.1) is 41.4 Å². The molecule has 4 aliphatic rings. The van der Waals surface area contributed by atoms with Crippen molar-refractivity contribution in [3.63, 3.8) is 0 Å². The molecule has 4 rings (SSSR count). The van der Waals surface area contributed by atoms with E-state index in [4.69, 9.17) is 4.74 Å². The Balaban J connectivity index is 1.42. The van der Waals surface area contributed by atoms with Crippen LogP contribution in [0.5, 0.6) is 0 Å². The molecule has 4 aliphatic carbocycles. The van der Waals surface area contributed by atoms with Gasteiger partial charge >= 0.3 is 0 Å². The lowest BCUT2D eigenvalue weighted by Crippen LogP contribution is -2.43.